The average Bonchev–Trinajstić information content (AvgIpc) is 3.76. The zero-order valence-corrected chi connectivity index (χ0v) is 39.6. The van der Waals surface area contributed by atoms with E-state index in [4.69, 9.17) is 56.8 Å². The highest BCUT2D eigenvalue weighted by Crippen LogP contribution is 2.39. The van der Waals surface area contributed by atoms with Crippen molar-refractivity contribution in [3.8, 4) is 0 Å². The van der Waals surface area contributed by atoms with Crippen molar-refractivity contribution in [1.82, 2.24) is 0 Å². The number of rotatable bonds is 31. The van der Waals surface area contributed by atoms with Gasteiger partial charge in [-0.2, -0.15) is 0 Å². The molecule has 366 valence electrons. The summed E-state index contributed by atoms with van der Waals surface area (Å²) in [5.41, 5.74) is 0. The van der Waals surface area contributed by atoms with Gasteiger partial charge in [0, 0.05) is 32.8 Å². The van der Waals surface area contributed by atoms with E-state index in [1.807, 2.05) is 20.8 Å². The third kappa shape index (κ3) is 19.1. The second kappa shape index (κ2) is 28.5. The van der Waals surface area contributed by atoms with Gasteiger partial charge in [0.2, 0.25) is 6.29 Å². The molecular formula is C46H80O17. The van der Waals surface area contributed by atoms with Gasteiger partial charge in [-0.25, -0.2) is 0 Å². The number of hydrogen-bond acceptors (Lipinski definition) is 17. The van der Waals surface area contributed by atoms with Crippen LogP contribution in [0.25, 0.3) is 0 Å². The Kier molecular flexibility index (Phi) is 24.8. The number of aliphatic hydroxyl groups is 1. The van der Waals surface area contributed by atoms with Gasteiger partial charge in [-0.05, 0) is 53.4 Å². The highest BCUT2D eigenvalue weighted by Gasteiger charge is 2.57. The van der Waals surface area contributed by atoms with Gasteiger partial charge >= 0.3 is 23.9 Å². The standard InChI is InChI=1S/C46H80O17/c1-10-14-18-19-23-27-36(50)59-42-39(58-35(49)26-22-17-13-4)37(57-34(48)25-21-16-12-3)31(28-53-33(47)24-20-15-11-2)56-44(42)60-43(51)41(54-30-52-9)40-38(62-46(7,8)63-40)32-29-55-45(5,6)61-32/h31-32,37-44,51H,10-30H2,1-9H3/t31-,32+,37-,38-,39+,40+,41+,42+,43?,44+/m1/s1. The normalized spacial score (nSPS) is 27.4. The predicted molar refractivity (Wildman–Crippen MR) is 228 cm³/mol. The molecule has 0 aromatic rings. The molecule has 0 bridgehead atoms. The monoisotopic (exact) mass is 905 g/mol. The fourth-order valence-corrected chi connectivity index (χ4v) is 7.77. The molecule has 1 unspecified atom stereocenters. The first-order valence-corrected chi connectivity index (χ1v) is 23.6. The van der Waals surface area contributed by atoms with Crippen LogP contribution in [0.4, 0.5) is 0 Å². The highest BCUT2D eigenvalue weighted by molar-refractivity contribution is 5.72. The molecule has 3 saturated heterocycles. The third-order valence-corrected chi connectivity index (χ3v) is 11.1. The molecule has 0 spiro atoms. The molecule has 3 fully saturated rings. The molecule has 17 heteroatoms. The summed E-state index contributed by atoms with van der Waals surface area (Å²) in [6.07, 6.45) is -2.09. The first kappa shape index (κ1) is 54.9. The van der Waals surface area contributed by atoms with Gasteiger partial charge in [0.25, 0.3) is 0 Å². The summed E-state index contributed by atoms with van der Waals surface area (Å²) in [6.45, 7) is 14.5. The van der Waals surface area contributed by atoms with Gasteiger partial charge in [0.05, 0.1) is 6.61 Å². The summed E-state index contributed by atoms with van der Waals surface area (Å²) >= 11 is 0. The minimum atomic E-state index is -1.91. The van der Waals surface area contributed by atoms with E-state index in [-0.39, 0.29) is 39.1 Å². The molecule has 17 nitrogen and oxygen atoms in total. The number of methoxy groups -OCH3 is 1. The van der Waals surface area contributed by atoms with Crippen LogP contribution in [-0.2, 0) is 76.0 Å². The Bertz CT molecular complexity index is 1340. The van der Waals surface area contributed by atoms with E-state index in [0.29, 0.717) is 25.7 Å². The second-order valence-electron chi connectivity index (χ2n) is 17.6. The van der Waals surface area contributed by atoms with Crippen molar-refractivity contribution in [3.63, 3.8) is 0 Å². The quantitative estimate of drug-likeness (QED) is 0.0320. The van der Waals surface area contributed by atoms with Gasteiger partial charge in [0.15, 0.2) is 36.2 Å². The smallest absolute Gasteiger partial charge is 0.306 e. The molecule has 0 aromatic heterocycles. The largest absolute Gasteiger partial charge is 0.463 e. The lowest BCUT2D eigenvalue weighted by Crippen LogP contribution is -2.64. The van der Waals surface area contributed by atoms with Crippen LogP contribution in [0.2, 0.25) is 0 Å². The molecule has 3 aliphatic heterocycles. The number of carbonyl (C=O) groups excluding carboxylic acids is 4. The van der Waals surface area contributed by atoms with Crippen molar-refractivity contribution < 1.29 is 81.1 Å². The minimum absolute atomic E-state index is 0.0241. The molecule has 10 atom stereocenters. The topological polar surface area (TPSA) is 199 Å². The number of carbonyl (C=O) groups is 4. The second-order valence-corrected chi connectivity index (χ2v) is 17.6. The Labute approximate surface area is 375 Å². The number of unbranched alkanes of at least 4 members (excludes halogenated alkanes) is 10. The molecule has 0 aromatic carbocycles. The van der Waals surface area contributed by atoms with E-state index in [9.17, 15) is 24.3 Å². The van der Waals surface area contributed by atoms with Crippen LogP contribution in [0, 0.1) is 0 Å². The van der Waals surface area contributed by atoms with Crippen LogP contribution in [0.1, 0.15) is 171 Å². The Morgan fingerprint density at radius 1 is 0.635 bits per heavy atom. The lowest BCUT2D eigenvalue weighted by Gasteiger charge is -2.45. The van der Waals surface area contributed by atoms with Gasteiger partial charge in [-0.3, -0.25) is 19.2 Å². The Hall–Kier alpha value is -2.48. The van der Waals surface area contributed by atoms with Crippen molar-refractivity contribution in [2.45, 2.75) is 244 Å². The maximum atomic E-state index is 13.7. The fourth-order valence-electron chi connectivity index (χ4n) is 7.77. The van der Waals surface area contributed by atoms with E-state index in [2.05, 4.69) is 6.92 Å². The molecule has 3 heterocycles. The first-order valence-electron chi connectivity index (χ1n) is 23.6. The van der Waals surface area contributed by atoms with E-state index in [0.717, 1.165) is 64.2 Å². The van der Waals surface area contributed by atoms with Gasteiger partial charge in [-0.15, -0.1) is 0 Å². The van der Waals surface area contributed by atoms with Gasteiger partial charge < -0.3 is 61.9 Å². The van der Waals surface area contributed by atoms with Gasteiger partial charge in [-0.1, -0.05) is 91.9 Å². The van der Waals surface area contributed by atoms with E-state index >= 15 is 0 Å². The summed E-state index contributed by atoms with van der Waals surface area (Å²) in [4.78, 5) is 53.9. The van der Waals surface area contributed by atoms with E-state index in [1.165, 1.54) is 7.11 Å². The summed E-state index contributed by atoms with van der Waals surface area (Å²) in [5, 5.41) is 12.1. The number of hydrogen-bond donors (Lipinski definition) is 1. The molecule has 3 rings (SSSR count). The van der Waals surface area contributed by atoms with Crippen LogP contribution in [0.5, 0.6) is 0 Å². The lowest BCUT2D eigenvalue weighted by molar-refractivity contribution is -0.353. The van der Waals surface area contributed by atoms with E-state index < -0.39 is 103 Å². The maximum Gasteiger partial charge on any atom is 0.306 e. The third-order valence-electron chi connectivity index (χ3n) is 11.1. The Balaban J connectivity index is 2.09. The highest BCUT2D eigenvalue weighted by atomic mass is 16.8. The summed E-state index contributed by atoms with van der Waals surface area (Å²) < 4.78 is 72.7. The van der Waals surface area contributed by atoms with Crippen LogP contribution in [-0.4, -0.2) is 129 Å². The number of ether oxygens (including phenoxy) is 12. The van der Waals surface area contributed by atoms with Crippen molar-refractivity contribution in [2.75, 3.05) is 27.1 Å². The fraction of sp³-hybridized carbons (Fsp3) is 0.913. The molecule has 63 heavy (non-hydrogen) atoms. The van der Waals surface area contributed by atoms with Crippen molar-refractivity contribution >= 4 is 23.9 Å². The zero-order chi connectivity index (χ0) is 46.4. The van der Waals surface area contributed by atoms with Crippen LogP contribution in [0.3, 0.4) is 0 Å². The minimum Gasteiger partial charge on any atom is -0.463 e. The average molecular weight is 905 g/mol. The number of esters is 4. The molecule has 0 radical (unpaired) electrons. The summed E-state index contributed by atoms with van der Waals surface area (Å²) in [5.74, 6) is -4.48. The first-order chi connectivity index (χ1) is 30.1. The molecular weight excluding hydrogens is 824 g/mol. The van der Waals surface area contributed by atoms with Crippen molar-refractivity contribution in [2.24, 2.45) is 0 Å². The molecule has 3 aliphatic rings. The van der Waals surface area contributed by atoms with E-state index in [1.54, 1.807) is 27.7 Å². The molecule has 0 saturated carbocycles. The van der Waals surface area contributed by atoms with Gasteiger partial charge in [0.1, 0.15) is 43.9 Å². The predicted octanol–water partition coefficient (Wildman–Crippen LogP) is 7.09. The molecule has 1 N–H and O–H groups in total. The molecule has 0 amide bonds. The van der Waals surface area contributed by atoms with Crippen LogP contribution in [0.15, 0.2) is 0 Å². The molecule has 0 aliphatic carbocycles. The SMILES string of the molecule is CCCCCCCC(=O)O[C@@H]1[C@H](OC(O)[C@@H](OCOC)[C@H]2OC(C)(C)O[C@@H]2[C@@H]2COC(C)(C)O2)O[C@H](COC(=O)CCCCC)[C@@H](OC(=O)CCCCC)[C@@H]1OC(=O)CCCCC. The van der Waals surface area contributed by atoms with Crippen molar-refractivity contribution in [3.05, 3.63) is 0 Å². The Morgan fingerprint density at radius 2 is 1.14 bits per heavy atom. The maximum absolute atomic E-state index is 13.7. The summed E-state index contributed by atoms with van der Waals surface area (Å²) in [6, 6.07) is 0. The van der Waals surface area contributed by atoms with Crippen LogP contribution < -0.4 is 0 Å². The summed E-state index contributed by atoms with van der Waals surface area (Å²) in [7, 11) is 1.41. The Morgan fingerprint density at radius 3 is 1.68 bits per heavy atom. The lowest BCUT2D eigenvalue weighted by atomic mass is 9.97. The zero-order valence-electron chi connectivity index (χ0n) is 39.6. The van der Waals surface area contributed by atoms with Crippen molar-refractivity contribution in [1.29, 1.82) is 0 Å². The van der Waals surface area contributed by atoms with Crippen LogP contribution >= 0.6 is 0 Å². The number of aliphatic hydroxyl groups excluding tert-OH is 1.